The highest BCUT2D eigenvalue weighted by Crippen LogP contribution is 2.22. The monoisotopic (exact) mass is 292 g/mol. The van der Waals surface area contributed by atoms with E-state index in [1.165, 1.54) is 5.56 Å². The summed E-state index contributed by atoms with van der Waals surface area (Å²) in [6, 6.07) is 6.04. The molecule has 0 spiro atoms. The van der Waals surface area contributed by atoms with Gasteiger partial charge in [0.05, 0.1) is 19.8 Å². The molecule has 116 valence electrons. The Balaban J connectivity index is 2.12. The third-order valence-corrected chi connectivity index (χ3v) is 4.03. The molecule has 1 aliphatic heterocycles. The van der Waals surface area contributed by atoms with Gasteiger partial charge in [-0.05, 0) is 24.6 Å². The zero-order valence-electron chi connectivity index (χ0n) is 13.3. The van der Waals surface area contributed by atoms with E-state index in [1.807, 2.05) is 26.1 Å². The highest BCUT2D eigenvalue weighted by Gasteiger charge is 2.29. The van der Waals surface area contributed by atoms with Crippen LogP contribution in [-0.4, -0.2) is 56.1 Å². The first-order valence-corrected chi connectivity index (χ1v) is 7.20. The number of nitrogens with zero attached hydrogens (tertiary/aromatic N) is 2. The van der Waals surface area contributed by atoms with Crippen LogP contribution in [0.15, 0.2) is 18.2 Å². The summed E-state index contributed by atoms with van der Waals surface area (Å²) in [4.78, 5) is 16.0. The number of ether oxygens (including phenoxy) is 2. The predicted octanol–water partition coefficient (Wildman–Crippen LogP) is 1.50. The zero-order valence-corrected chi connectivity index (χ0v) is 13.3. The average Bonchev–Trinajstić information content (AvgIpc) is 2.49. The molecule has 0 bridgehead atoms. The lowest BCUT2D eigenvalue weighted by Crippen LogP contribution is -2.53. The maximum atomic E-state index is 12.0. The first-order chi connectivity index (χ1) is 10.1. The first-order valence-electron chi connectivity index (χ1n) is 7.20. The topological polar surface area (TPSA) is 42.0 Å². The summed E-state index contributed by atoms with van der Waals surface area (Å²) in [7, 11) is 5.20. The molecule has 0 N–H and O–H groups in total. The van der Waals surface area contributed by atoms with Crippen molar-refractivity contribution in [1.82, 2.24) is 9.80 Å². The number of carbonyl (C=O) groups excluding carboxylic acids is 1. The summed E-state index contributed by atoms with van der Waals surface area (Å²) < 4.78 is 10.6. The van der Waals surface area contributed by atoms with Crippen LogP contribution in [0.1, 0.15) is 18.1 Å². The van der Waals surface area contributed by atoms with Crippen molar-refractivity contribution in [1.29, 1.82) is 0 Å². The molecule has 0 radical (unpaired) electrons. The van der Waals surface area contributed by atoms with Crippen LogP contribution in [0, 0.1) is 0 Å². The molecule has 5 nitrogen and oxygen atoms in total. The van der Waals surface area contributed by atoms with Crippen LogP contribution in [0.5, 0.6) is 5.75 Å². The smallest absolute Gasteiger partial charge is 0.239 e. The Morgan fingerprint density at radius 1 is 1.29 bits per heavy atom. The van der Waals surface area contributed by atoms with Crippen molar-refractivity contribution in [2.24, 2.45) is 0 Å². The van der Waals surface area contributed by atoms with Crippen molar-refractivity contribution in [2.75, 3.05) is 34.4 Å². The van der Waals surface area contributed by atoms with Gasteiger partial charge in [0.2, 0.25) is 5.91 Å². The van der Waals surface area contributed by atoms with Crippen LogP contribution in [-0.2, 0) is 22.7 Å². The number of likely N-dealkylation sites (N-methyl/N-ethyl adjacent to an activating group) is 1. The maximum absolute atomic E-state index is 12.0. The van der Waals surface area contributed by atoms with E-state index >= 15 is 0 Å². The molecule has 0 aliphatic carbocycles. The summed E-state index contributed by atoms with van der Waals surface area (Å²) in [5.74, 6) is 1.02. The number of amides is 1. The summed E-state index contributed by atoms with van der Waals surface area (Å²) in [6.45, 7) is 4.94. The Kier molecular flexibility index (Phi) is 5.20. The van der Waals surface area contributed by atoms with Crippen molar-refractivity contribution in [3.63, 3.8) is 0 Å². The Morgan fingerprint density at radius 3 is 2.71 bits per heavy atom. The van der Waals surface area contributed by atoms with E-state index in [0.29, 0.717) is 6.61 Å². The minimum Gasteiger partial charge on any atom is -0.496 e. The van der Waals surface area contributed by atoms with Crippen molar-refractivity contribution >= 4 is 5.91 Å². The Hall–Kier alpha value is -1.59. The van der Waals surface area contributed by atoms with Gasteiger partial charge in [0.15, 0.2) is 0 Å². The van der Waals surface area contributed by atoms with E-state index in [9.17, 15) is 4.79 Å². The van der Waals surface area contributed by atoms with Crippen molar-refractivity contribution in [2.45, 2.75) is 26.1 Å². The van der Waals surface area contributed by atoms with Gasteiger partial charge in [-0.3, -0.25) is 9.69 Å². The van der Waals surface area contributed by atoms with Crippen LogP contribution in [0.25, 0.3) is 0 Å². The highest BCUT2D eigenvalue weighted by atomic mass is 16.5. The molecule has 0 unspecified atom stereocenters. The fraction of sp³-hybridized carbons (Fsp3) is 0.562. The molecule has 5 heteroatoms. The molecule has 1 aliphatic rings. The van der Waals surface area contributed by atoms with Crippen LogP contribution in [0.4, 0.5) is 0 Å². The van der Waals surface area contributed by atoms with Crippen LogP contribution in [0.2, 0.25) is 0 Å². The molecule has 1 atom stereocenters. The molecule has 1 fully saturated rings. The summed E-state index contributed by atoms with van der Waals surface area (Å²) in [5.41, 5.74) is 2.21. The number of hydrogen-bond donors (Lipinski definition) is 0. The van der Waals surface area contributed by atoms with E-state index in [0.717, 1.165) is 30.9 Å². The minimum absolute atomic E-state index is 0.0725. The number of carbonyl (C=O) groups is 1. The van der Waals surface area contributed by atoms with Gasteiger partial charge >= 0.3 is 0 Å². The van der Waals surface area contributed by atoms with Gasteiger partial charge in [-0.1, -0.05) is 6.07 Å². The largest absolute Gasteiger partial charge is 0.496 e. The lowest BCUT2D eigenvalue weighted by molar-refractivity contribution is -0.139. The first kappa shape index (κ1) is 15.8. The second-order valence-corrected chi connectivity index (χ2v) is 5.49. The number of piperazine rings is 1. The quantitative estimate of drug-likeness (QED) is 0.825. The molecule has 2 rings (SSSR count). The van der Waals surface area contributed by atoms with Gasteiger partial charge in [-0.25, -0.2) is 0 Å². The fourth-order valence-electron chi connectivity index (χ4n) is 2.71. The molecule has 0 aromatic heterocycles. The number of hydrogen-bond acceptors (Lipinski definition) is 4. The van der Waals surface area contributed by atoms with Gasteiger partial charge in [0.1, 0.15) is 5.75 Å². The molecule has 1 saturated heterocycles. The van der Waals surface area contributed by atoms with Crippen molar-refractivity contribution in [3.05, 3.63) is 29.3 Å². The number of benzene rings is 1. The fourth-order valence-corrected chi connectivity index (χ4v) is 2.71. The van der Waals surface area contributed by atoms with Gasteiger partial charge in [-0.2, -0.15) is 0 Å². The molecule has 21 heavy (non-hydrogen) atoms. The van der Waals surface area contributed by atoms with Gasteiger partial charge in [-0.15, -0.1) is 0 Å². The second-order valence-electron chi connectivity index (χ2n) is 5.49. The molecule has 1 aromatic rings. The molecule has 0 saturated carbocycles. The van der Waals surface area contributed by atoms with Crippen LogP contribution < -0.4 is 4.74 Å². The van der Waals surface area contributed by atoms with E-state index in [4.69, 9.17) is 9.47 Å². The van der Waals surface area contributed by atoms with E-state index in [-0.39, 0.29) is 11.9 Å². The molecule has 1 amide bonds. The van der Waals surface area contributed by atoms with E-state index < -0.39 is 0 Å². The Labute approximate surface area is 126 Å². The second kappa shape index (κ2) is 6.91. The molecule has 1 heterocycles. The summed E-state index contributed by atoms with van der Waals surface area (Å²) >= 11 is 0. The summed E-state index contributed by atoms with van der Waals surface area (Å²) in [5, 5.41) is 0. The van der Waals surface area contributed by atoms with E-state index in [1.54, 1.807) is 19.1 Å². The van der Waals surface area contributed by atoms with Gasteiger partial charge in [0, 0.05) is 39.4 Å². The van der Waals surface area contributed by atoms with Gasteiger partial charge in [0.25, 0.3) is 0 Å². The predicted molar refractivity (Wildman–Crippen MR) is 81.2 cm³/mol. The third kappa shape index (κ3) is 3.54. The summed E-state index contributed by atoms with van der Waals surface area (Å²) in [6.07, 6.45) is 0. The Morgan fingerprint density at radius 2 is 2.05 bits per heavy atom. The van der Waals surface area contributed by atoms with Gasteiger partial charge < -0.3 is 14.4 Å². The lowest BCUT2D eigenvalue weighted by Gasteiger charge is -2.37. The normalized spacial score (nSPS) is 19.9. The van der Waals surface area contributed by atoms with Crippen LogP contribution >= 0.6 is 0 Å². The third-order valence-electron chi connectivity index (χ3n) is 4.03. The number of rotatable bonds is 5. The van der Waals surface area contributed by atoms with Crippen LogP contribution in [0.3, 0.4) is 0 Å². The highest BCUT2D eigenvalue weighted by molar-refractivity contribution is 5.81. The molecular weight excluding hydrogens is 268 g/mol. The van der Waals surface area contributed by atoms with Crippen molar-refractivity contribution in [3.8, 4) is 5.75 Å². The SMILES string of the molecule is COCc1cc(CN2CCN(C)C(=O)[C@H]2C)ccc1OC. The standard InChI is InChI=1S/C16H24N2O3/c1-12-16(19)17(2)7-8-18(12)10-13-5-6-15(21-4)14(9-13)11-20-3/h5-6,9,12H,7-8,10-11H2,1-4H3/t12-/m1/s1. The number of methoxy groups -OCH3 is 2. The Bertz CT molecular complexity index is 504. The zero-order chi connectivity index (χ0) is 15.4. The average molecular weight is 292 g/mol. The minimum atomic E-state index is -0.0725. The lowest BCUT2D eigenvalue weighted by atomic mass is 10.1. The van der Waals surface area contributed by atoms with Crippen molar-refractivity contribution < 1.29 is 14.3 Å². The molecule has 1 aromatic carbocycles. The maximum Gasteiger partial charge on any atom is 0.239 e. The molecular formula is C16H24N2O3. The van der Waals surface area contributed by atoms with E-state index in [2.05, 4.69) is 11.0 Å².